The van der Waals surface area contributed by atoms with Crippen LogP contribution in [-0.4, -0.2) is 49.6 Å². The zero-order chi connectivity index (χ0) is 21.3. The Balaban J connectivity index is 1.40. The van der Waals surface area contributed by atoms with E-state index in [1.165, 1.54) is 5.56 Å². The van der Waals surface area contributed by atoms with Crippen molar-refractivity contribution >= 4 is 11.8 Å². The lowest BCUT2D eigenvalue weighted by Crippen LogP contribution is -2.47. The lowest BCUT2D eigenvalue weighted by atomic mass is 10.0. The molecule has 160 valence electrons. The summed E-state index contributed by atoms with van der Waals surface area (Å²) in [7, 11) is 1.60. The van der Waals surface area contributed by atoms with Crippen LogP contribution in [0.1, 0.15) is 42.1 Å². The standard InChI is InChI=1S/C24H30N2O4/c1-3-4-18-5-9-22(10-6-18)30-17-23(27)25-20-13-15-26(16-14-20)24(28)19-7-11-21(29-2)12-8-19/h5-12,20H,3-4,13-17H2,1-2H3,(H,25,27). The molecule has 2 aromatic carbocycles. The predicted octanol–water partition coefficient (Wildman–Crippen LogP) is 3.45. The summed E-state index contributed by atoms with van der Waals surface area (Å²) in [6.45, 7) is 3.39. The highest BCUT2D eigenvalue weighted by atomic mass is 16.5. The largest absolute Gasteiger partial charge is 0.497 e. The molecule has 2 amide bonds. The summed E-state index contributed by atoms with van der Waals surface area (Å²) in [5.41, 5.74) is 1.92. The van der Waals surface area contributed by atoms with Gasteiger partial charge in [-0.15, -0.1) is 0 Å². The maximum absolute atomic E-state index is 12.6. The molecule has 1 aliphatic heterocycles. The van der Waals surface area contributed by atoms with Gasteiger partial charge < -0.3 is 19.7 Å². The number of nitrogens with zero attached hydrogens (tertiary/aromatic N) is 1. The molecule has 0 atom stereocenters. The van der Waals surface area contributed by atoms with Crippen LogP contribution in [0.25, 0.3) is 0 Å². The normalized spacial score (nSPS) is 14.3. The zero-order valence-electron chi connectivity index (χ0n) is 17.7. The van der Waals surface area contributed by atoms with Gasteiger partial charge in [0.15, 0.2) is 6.61 Å². The van der Waals surface area contributed by atoms with Crippen molar-refractivity contribution < 1.29 is 19.1 Å². The molecule has 2 aromatic rings. The number of rotatable bonds is 8. The molecule has 30 heavy (non-hydrogen) atoms. The van der Waals surface area contributed by atoms with Crippen LogP contribution in [0.15, 0.2) is 48.5 Å². The average molecular weight is 411 g/mol. The number of ether oxygens (including phenoxy) is 2. The lowest BCUT2D eigenvalue weighted by Gasteiger charge is -2.32. The van der Waals surface area contributed by atoms with Gasteiger partial charge >= 0.3 is 0 Å². The summed E-state index contributed by atoms with van der Waals surface area (Å²) in [6.07, 6.45) is 3.62. The number of methoxy groups -OCH3 is 1. The first-order chi connectivity index (χ1) is 14.6. The molecule has 0 aliphatic carbocycles. The van der Waals surface area contributed by atoms with E-state index in [2.05, 4.69) is 12.2 Å². The van der Waals surface area contributed by atoms with E-state index in [0.717, 1.165) is 31.4 Å². The summed E-state index contributed by atoms with van der Waals surface area (Å²) in [5, 5.41) is 3.02. The quantitative estimate of drug-likeness (QED) is 0.724. The Hall–Kier alpha value is -3.02. The number of likely N-dealkylation sites (tertiary alicyclic amines) is 1. The van der Waals surface area contributed by atoms with Gasteiger partial charge in [0.1, 0.15) is 11.5 Å². The van der Waals surface area contributed by atoms with Crippen molar-refractivity contribution in [2.45, 2.75) is 38.6 Å². The smallest absolute Gasteiger partial charge is 0.258 e. The number of aryl methyl sites for hydroxylation is 1. The Morgan fingerprint density at radius 2 is 1.63 bits per heavy atom. The van der Waals surface area contributed by atoms with Crippen LogP contribution >= 0.6 is 0 Å². The third-order valence-electron chi connectivity index (χ3n) is 5.32. The first kappa shape index (κ1) is 21.7. The van der Waals surface area contributed by atoms with E-state index in [0.29, 0.717) is 24.4 Å². The Bertz CT molecular complexity index is 825. The molecule has 0 saturated carbocycles. The molecule has 1 fully saturated rings. The van der Waals surface area contributed by atoms with E-state index >= 15 is 0 Å². The molecular formula is C24H30N2O4. The maximum atomic E-state index is 12.6. The topological polar surface area (TPSA) is 67.9 Å². The zero-order valence-corrected chi connectivity index (χ0v) is 17.7. The number of amides is 2. The molecule has 1 N–H and O–H groups in total. The predicted molar refractivity (Wildman–Crippen MR) is 116 cm³/mol. The molecule has 1 saturated heterocycles. The molecule has 6 heteroatoms. The summed E-state index contributed by atoms with van der Waals surface area (Å²) in [6, 6.07) is 15.1. The van der Waals surface area contributed by atoms with Crippen LogP contribution in [0, 0.1) is 0 Å². The fourth-order valence-corrected chi connectivity index (χ4v) is 3.60. The van der Waals surface area contributed by atoms with Gasteiger partial charge in [0.05, 0.1) is 7.11 Å². The average Bonchev–Trinajstić information content (AvgIpc) is 2.79. The number of carbonyl (C=O) groups excluding carboxylic acids is 2. The van der Waals surface area contributed by atoms with E-state index in [-0.39, 0.29) is 24.5 Å². The van der Waals surface area contributed by atoms with E-state index in [1.807, 2.05) is 29.2 Å². The number of hydrogen-bond donors (Lipinski definition) is 1. The highest BCUT2D eigenvalue weighted by molar-refractivity contribution is 5.94. The minimum Gasteiger partial charge on any atom is -0.497 e. The molecule has 0 radical (unpaired) electrons. The summed E-state index contributed by atoms with van der Waals surface area (Å²) < 4.78 is 10.7. The van der Waals surface area contributed by atoms with Crippen LogP contribution < -0.4 is 14.8 Å². The van der Waals surface area contributed by atoms with E-state index < -0.39 is 0 Å². The van der Waals surface area contributed by atoms with Crippen molar-refractivity contribution in [2.75, 3.05) is 26.8 Å². The number of piperidine rings is 1. The highest BCUT2D eigenvalue weighted by Gasteiger charge is 2.24. The third-order valence-corrected chi connectivity index (χ3v) is 5.32. The van der Waals surface area contributed by atoms with E-state index in [9.17, 15) is 9.59 Å². The molecule has 3 rings (SSSR count). The molecule has 0 bridgehead atoms. The molecule has 0 spiro atoms. The second-order valence-corrected chi connectivity index (χ2v) is 7.55. The van der Waals surface area contributed by atoms with Gasteiger partial charge in [0, 0.05) is 24.7 Å². The third kappa shape index (κ3) is 5.99. The number of carbonyl (C=O) groups is 2. The Morgan fingerprint density at radius 1 is 1.00 bits per heavy atom. The van der Waals surface area contributed by atoms with Gasteiger partial charge in [0.2, 0.25) is 0 Å². The molecule has 6 nitrogen and oxygen atoms in total. The maximum Gasteiger partial charge on any atom is 0.258 e. The van der Waals surface area contributed by atoms with Gasteiger partial charge in [-0.1, -0.05) is 25.5 Å². The van der Waals surface area contributed by atoms with Crippen molar-refractivity contribution in [3.8, 4) is 11.5 Å². The van der Waals surface area contributed by atoms with Crippen molar-refractivity contribution in [2.24, 2.45) is 0 Å². The molecular weight excluding hydrogens is 380 g/mol. The molecule has 0 aromatic heterocycles. The Kier molecular flexibility index (Phi) is 7.71. The molecule has 1 aliphatic rings. The Morgan fingerprint density at radius 3 is 2.23 bits per heavy atom. The van der Waals surface area contributed by atoms with Crippen LogP contribution in [0.5, 0.6) is 11.5 Å². The van der Waals surface area contributed by atoms with Crippen LogP contribution in [0.4, 0.5) is 0 Å². The highest BCUT2D eigenvalue weighted by Crippen LogP contribution is 2.17. The van der Waals surface area contributed by atoms with Crippen LogP contribution in [0.3, 0.4) is 0 Å². The van der Waals surface area contributed by atoms with Gasteiger partial charge in [0.25, 0.3) is 11.8 Å². The van der Waals surface area contributed by atoms with Gasteiger partial charge in [-0.25, -0.2) is 0 Å². The minimum atomic E-state index is -0.132. The van der Waals surface area contributed by atoms with Crippen LogP contribution in [-0.2, 0) is 11.2 Å². The molecule has 1 heterocycles. The van der Waals surface area contributed by atoms with Gasteiger partial charge in [-0.2, -0.15) is 0 Å². The van der Waals surface area contributed by atoms with Crippen molar-refractivity contribution in [1.82, 2.24) is 10.2 Å². The van der Waals surface area contributed by atoms with Crippen LogP contribution in [0.2, 0.25) is 0 Å². The van der Waals surface area contributed by atoms with E-state index in [1.54, 1.807) is 31.4 Å². The SMILES string of the molecule is CCCc1ccc(OCC(=O)NC2CCN(C(=O)c3ccc(OC)cc3)CC2)cc1. The van der Waals surface area contributed by atoms with Gasteiger partial charge in [-0.05, 0) is 61.2 Å². The first-order valence-corrected chi connectivity index (χ1v) is 10.5. The monoisotopic (exact) mass is 410 g/mol. The number of nitrogens with one attached hydrogen (secondary N) is 1. The second-order valence-electron chi connectivity index (χ2n) is 7.55. The first-order valence-electron chi connectivity index (χ1n) is 10.5. The van der Waals surface area contributed by atoms with Crippen molar-refractivity contribution in [3.05, 3.63) is 59.7 Å². The minimum absolute atomic E-state index is 0.00187. The Labute approximate surface area is 178 Å². The van der Waals surface area contributed by atoms with Gasteiger partial charge in [-0.3, -0.25) is 9.59 Å². The number of benzene rings is 2. The molecule has 0 unspecified atom stereocenters. The van der Waals surface area contributed by atoms with Crippen molar-refractivity contribution in [1.29, 1.82) is 0 Å². The lowest BCUT2D eigenvalue weighted by molar-refractivity contribution is -0.124. The summed E-state index contributed by atoms with van der Waals surface area (Å²) in [4.78, 5) is 26.7. The second kappa shape index (κ2) is 10.7. The fourth-order valence-electron chi connectivity index (χ4n) is 3.60. The van der Waals surface area contributed by atoms with E-state index in [4.69, 9.17) is 9.47 Å². The summed E-state index contributed by atoms with van der Waals surface area (Å²) >= 11 is 0. The van der Waals surface area contributed by atoms with Crippen molar-refractivity contribution in [3.63, 3.8) is 0 Å². The fraction of sp³-hybridized carbons (Fsp3) is 0.417. The number of hydrogen-bond acceptors (Lipinski definition) is 4. The summed E-state index contributed by atoms with van der Waals surface area (Å²) in [5.74, 6) is 1.31.